The number of nitrogens with zero attached hydrogens (tertiary/aromatic N) is 1. The largest absolute Gasteiger partial charge is 0.298 e. The van der Waals surface area contributed by atoms with Crippen molar-refractivity contribution in [1.29, 1.82) is 0 Å². The Balaban J connectivity index is 2.08. The molecule has 0 N–H and O–H groups in total. The molecule has 0 aliphatic carbocycles. The van der Waals surface area contributed by atoms with E-state index < -0.39 is 23.4 Å². The highest BCUT2D eigenvalue weighted by Gasteiger charge is 2.37. The van der Waals surface area contributed by atoms with Crippen LogP contribution in [-0.2, 0) is 0 Å². The van der Waals surface area contributed by atoms with E-state index >= 15 is 0 Å². The summed E-state index contributed by atoms with van der Waals surface area (Å²) in [6.07, 6.45) is 0.622. The van der Waals surface area contributed by atoms with Gasteiger partial charge in [-0.05, 0) is 36.4 Å². The molecular weight excluding hydrogens is 280 g/mol. The van der Waals surface area contributed by atoms with Crippen LogP contribution >= 0.6 is 0 Å². The first-order valence-corrected chi connectivity index (χ1v) is 5.96. The molecule has 0 saturated carbocycles. The number of imide groups is 1. The Hall–Kier alpha value is -2.89. The van der Waals surface area contributed by atoms with Gasteiger partial charge in [0.15, 0.2) is 11.6 Å². The summed E-state index contributed by atoms with van der Waals surface area (Å²) < 4.78 is 26.4. The molecule has 0 unspecified atom stereocenters. The van der Waals surface area contributed by atoms with Gasteiger partial charge < -0.3 is 0 Å². The number of carbonyl (C=O) groups is 3. The summed E-state index contributed by atoms with van der Waals surface area (Å²) >= 11 is 0. The van der Waals surface area contributed by atoms with E-state index in [1.807, 2.05) is 0 Å². The van der Waals surface area contributed by atoms with E-state index in [1.54, 1.807) is 0 Å². The maximum atomic E-state index is 13.2. The van der Waals surface area contributed by atoms with Crippen LogP contribution in [0.1, 0.15) is 31.1 Å². The lowest BCUT2D eigenvalue weighted by Gasteiger charge is -2.13. The molecule has 0 bridgehead atoms. The summed E-state index contributed by atoms with van der Waals surface area (Å²) in [4.78, 5) is 35.8. The number of amides is 2. The van der Waals surface area contributed by atoms with E-state index in [9.17, 15) is 23.2 Å². The molecule has 0 saturated heterocycles. The molecule has 2 aromatic rings. The monoisotopic (exact) mass is 287 g/mol. The lowest BCUT2D eigenvalue weighted by Crippen LogP contribution is -2.29. The second-order valence-corrected chi connectivity index (χ2v) is 4.47. The number of benzene rings is 2. The van der Waals surface area contributed by atoms with Crippen molar-refractivity contribution in [3.8, 4) is 0 Å². The van der Waals surface area contributed by atoms with E-state index in [0.717, 1.165) is 4.90 Å². The van der Waals surface area contributed by atoms with E-state index in [1.165, 1.54) is 24.3 Å². The van der Waals surface area contributed by atoms with Crippen LogP contribution < -0.4 is 4.90 Å². The average molecular weight is 287 g/mol. The first-order valence-electron chi connectivity index (χ1n) is 5.96. The summed E-state index contributed by atoms with van der Waals surface area (Å²) in [6.45, 7) is 0. The fourth-order valence-electron chi connectivity index (χ4n) is 2.17. The molecule has 104 valence electrons. The number of fused-ring (bicyclic) bond motifs is 1. The van der Waals surface area contributed by atoms with Crippen molar-refractivity contribution in [2.24, 2.45) is 0 Å². The van der Waals surface area contributed by atoms with E-state index in [2.05, 4.69) is 0 Å². The van der Waals surface area contributed by atoms with Crippen molar-refractivity contribution < 1.29 is 23.2 Å². The minimum Gasteiger partial charge on any atom is -0.298 e. The zero-order valence-electron chi connectivity index (χ0n) is 10.5. The fourth-order valence-corrected chi connectivity index (χ4v) is 2.17. The Morgan fingerprint density at radius 2 is 1.33 bits per heavy atom. The van der Waals surface area contributed by atoms with Gasteiger partial charge in [-0.2, -0.15) is 0 Å². The van der Waals surface area contributed by atoms with Crippen molar-refractivity contribution in [3.05, 3.63) is 64.7 Å². The Morgan fingerprint density at radius 3 is 1.76 bits per heavy atom. The van der Waals surface area contributed by atoms with Gasteiger partial charge in [-0.1, -0.05) is 0 Å². The van der Waals surface area contributed by atoms with Gasteiger partial charge in [-0.3, -0.25) is 14.4 Å². The highest BCUT2D eigenvalue weighted by Crippen LogP contribution is 2.29. The second-order valence-electron chi connectivity index (χ2n) is 4.47. The summed E-state index contributed by atoms with van der Waals surface area (Å²) in [7, 11) is 0. The zero-order chi connectivity index (χ0) is 15.1. The van der Waals surface area contributed by atoms with Gasteiger partial charge in [-0.15, -0.1) is 0 Å². The first-order chi connectivity index (χ1) is 10.0. The summed E-state index contributed by atoms with van der Waals surface area (Å²) in [5, 5.41) is 0. The lowest BCUT2D eigenvalue weighted by molar-refractivity contribution is 0.0925. The number of halogens is 2. The quantitative estimate of drug-likeness (QED) is 0.630. The number of hydrogen-bond acceptors (Lipinski definition) is 3. The van der Waals surface area contributed by atoms with Crippen LogP contribution in [0.15, 0.2) is 36.4 Å². The van der Waals surface area contributed by atoms with E-state index in [0.29, 0.717) is 24.0 Å². The van der Waals surface area contributed by atoms with Gasteiger partial charge >= 0.3 is 0 Å². The van der Waals surface area contributed by atoms with Gasteiger partial charge in [0.2, 0.25) is 0 Å². The SMILES string of the molecule is O=Cc1ccc(N2C(=O)c3cc(F)c(F)cc3C2=O)cc1. The molecule has 1 aliphatic heterocycles. The zero-order valence-corrected chi connectivity index (χ0v) is 10.5. The third-order valence-corrected chi connectivity index (χ3v) is 3.21. The van der Waals surface area contributed by atoms with Crippen LogP contribution in [0.4, 0.5) is 14.5 Å². The van der Waals surface area contributed by atoms with Crippen molar-refractivity contribution in [2.75, 3.05) is 4.90 Å². The minimum atomic E-state index is -1.19. The number of anilines is 1. The van der Waals surface area contributed by atoms with Crippen LogP contribution in [0, 0.1) is 11.6 Å². The Bertz CT molecular complexity index is 743. The summed E-state index contributed by atoms with van der Waals surface area (Å²) in [6, 6.07) is 7.13. The van der Waals surface area contributed by atoms with Crippen LogP contribution in [0.5, 0.6) is 0 Å². The molecule has 1 heterocycles. The molecule has 1 aliphatic rings. The van der Waals surface area contributed by atoms with E-state index in [-0.39, 0.29) is 16.8 Å². The molecular formula is C15H7F2NO3. The van der Waals surface area contributed by atoms with Crippen molar-refractivity contribution in [1.82, 2.24) is 0 Å². The third-order valence-electron chi connectivity index (χ3n) is 3.21. The third kappa shape index (κ3) is 1.92. The lowest BCUT2D eigenvalue weighted by atomic mass is 10.1. The highest BCUT2D eigenvalue weighted by molar-refractivity contribution is 6.34. The molecule has 2 amide bonds. The molecule has 0 fully saturated rings. The molecule has 0 spiro atoms. The van der Waals surface area contributed by atoms with Crippen molar-refractivity contribution in [3.63, 3.8) is 0 Å². The first kappa shape index (κ1) is 13.1. The maximum absolute atomic E-state index is 13.2. The molecule has 6 heteroatoms. The smallest absolute Gasteiger partial charge is 0.266 e. The predicted molar refractivity (Wildman–Crippen MR) is 69.3 cm³/mol. The molecule has 0 radical (unpaired) electrons. The van der Waals surface area contributed by atoms with Gasteiger partial charge in [0.05, 0.1) is 16.8 Å². The summed E-state index contributed by atoms with van der Waals surface area (Å²) in [5.41, 5.74) is 0.247. The highest BCUT2D eigenvalue weighted by atomic mass is 19.2. The van der Waals surface area contributed by atoms with Crippen LogP contribution in [0.2, 0.25) is 0 Å². The number of aldehydes is 1. The topological polar surface area (TPSA) is 54.5 Å². The number of carbonyl (C=O) groups excluding carboxylic acids is 3. The normalized spacial score (nSPS) is 13.5. The Labute approximate surface area is 117 Å². The maximum Gasteiger partial charge on any atom is 0.266 e. The Kier molecular flexibility index (Phi) is 2.86. The number of rotatable bonds is 2. The molecule has 0 atom stereocenters. The van der Waals surface area contributed by atoms with Crippen LogP contribution in [0.3, 0.4) is 0 Å². The summed E-state index contributed by atoms with van der Waals surface area (Å²) in [5.74, 6) is -3.83. The molecule has 4 nitrogen and oxygen atoms in total. The van der Waals surface area contributed by atoms with Crippen molar-refractivity contribution in [2.45, 2.75) is 0 Å². The van der Waals surface area contributed by atoms with Gasteiger partial charge in [0.25, 0.3) is 11.8 Å². The number of hydrogen-bond donors (Lipinski definition) is 0. The average Bonchev–Trinajstić information content (AvgIpc) is 2.72. The van der Waals surface area contributed by atoms with Gasteiger partial charge in [0.1, 0.15) is 6.29 Å². The van der Waals surface area contributed by atoms with Gasteiger partial charge in [-0.25, -0.2) is 13.7 Å². The molecule has 21 heavy (non-hydrogen) atoms. The molecule has 0 aromatic heterocycles. The molecule has 2 aromatic carbocycles. The van der Waals surface area contributed by atoms with Crippen LogP contribution in [0.25, 0.3) is 0 Å². The van der Waals surface area contributed by atoms with Crippen LogP contribution in [-0.4, -0.2) is 18.1 Å². The van der Waals surface area contributed by atoms with Crippen molar-refractivity contribution >= 4 is 23.8 Å². The van der Waals surface area contributed by atoms with Gasteiger partial charge in [0, 0.05) is 5.56 Å². The molecule has 3 rings (SSSR count). The second kappa shape index (κ2) is 4.59. The predicted octanol–water partition coefficient (Wildman–Crippen LogP) is 2.58. The fraction of sp³-hybridized carbons (Fsp3) is 0. The van der Waals surface area contributed by atoms with E-state index in [4.69, 9.17) is 0 Å². The minimum absolute atomic E-state index is 0.182. The Morgan fingerprint density at radius 1 is 0.857 bits per heavy atom. The standard InChI is InChI=1S/C15H7F2NO3/c16-12-5-10-11(6-13(12)17)15(21)18(14(10)20)9-3-1-8(7-19)2-4-9/h1-7H.